The smallest absolute Gasteiger partial charge is 0.323 e. The number of para-hydroxylation sites is 1. The zero-order valence-corrected chi connectivity index (χ0v) is 43.6. The van der Waals surface area contributed by atoms with E-state index in [1.165, 1.54) is 6.92 Å². The molecule has 32 N–H and O–H groups in total. The molecule has 1 heterocycles. The maximum Gasteiger partial charge on any atom is 0.323 e. The highest BCUT2D eigenvalue weighted by atomic mass is 16.4. The molecule has 0 aliphatic carbocycles. The van der Waals surface area contributed by atoms with E-state index in [-0.39, 0.29) is 5.92 Å². The van der Waals surface area contributed by atoms with Gasteiger partial charge in [-0.1, -0.05) is 58.7 Å². The number of aliphatic hydroxyl groups is 2. The summed E-state index contributed by atoms with van der Waals surface area (Å²) in [5.41, 5.74) is 53.2. The molecule has 0 saturated carbocycles. The van der Waals surface area contributed by atoms with Crippen molar-refractivity contribution in [3.63, 3.8) is 0 Å². The number of hydrogen-bond donors (Lipinski definition) is 22. The van der Waals surface area contributed by atoms with Crippen LogP contribution in [0.5, 0.6) is 0 Å². The number of aliphatic carboxylic acids is 9. The van der Waals surface area contributed by atoms with E-state index in [4.69, 9.17) is 114 Å². The number of rotatable bonds is 25. The molecular formula is C45H87N11O20. The number of carboxylic acids is 9. The zero-order chi connectivity index (χ0) is 61.0. The molecule has 2 rings (SSSR count). The first-order chi connectivity index (χ1) is 34.9. The summed E-state index contributed by atoms with van der Waals surface area (Å²) in [6, 6.07) is 0.506. The first-order valence-electron chi connectivity index (χ1n) is 23.2. The van der Waals surface area contributed by atoms with Crippen molar-refractivity contribution in [3.05, 3.63) is 36.0 Å². The fraction of sp³-hybridized carbons (Fsp3) is 0.622. The predicted octanol–water partition coefficient (Wildman–Crippen LogP) is -3.28. The fourth-order valence-corrected chi connectivity index (χ4v) is 4.34. The van der Waals surface area contributed by atoms with Crippen molar-refractivity contribution in [2.24, 2.45) is 69.2 Å². The molecule has 442 valence electrons. The third kappa shape index (κ3) is 49.7. The number of nitrogens with two attached hydrogens (primary N) is 10. The summed E-state index contributed by atoms with van der Waals surface area (Å²) < 4.78 is 0. The molecule has 9 atom stereocenters. The highest BCUT2D eigenvalue weighted by Crippen LogP contribution is 2.18. The quantitative estimate of drug-likeness (QED) is 0.0434. The van der Waals surface area contributed by atoms with Gasteiger partial charge in [0.1, 0.15) is 48.3 Å². The van der Waals surface area contributed by atoms with Gasteiger partial charge in [0.15, 0.2) is 0 Å². The van der Waals surface area contributed by atoms with Gasteiger partial charge in [0, 0.05) is 23.5 Å². The monoisotopic (exact) mass is 1100 g/mol. The van der Waals surface area contributed by atoms with Gasteiger partial charge in [0.05, 0.1) is 19.1 Å². The number of aliphatic hydroxyl groups excluding tert-OH is 2. The van der Waals surface area contributed by atoms with Crippen LogP contribution in [-0.4, -0.2) is 189 Å². The molecule has 0 aliphatic heterocycles. The second-order valence-electron chi connectivity index (χ2n) is 16.9. The number of carboxylic acid groups (broad SMARTS) is 9. The molecule has 31 heteroatoms. The summed E-state index contributed by atoms with van der Waals surface area (Å²) >= 11 is 0. The van der Waals surface area contributed by atoms with Crippen LogP contribution in [0.1, 0.15) is 91.5 Å². The van der Waals surface area contributed by atoms with E-state index in [0.717, 1.165) is 42.1 Å². The van der Waals surface area contributed by atoms with Crippen LogP contribution < -0.4 is 57.3 Å². The van der Waals surface area contributed by atoms with Crippen LogP contribution >= 0.6 is 0 Å². The number of carbonyl (C=O) groups is 9. The first kappa shape index (κ1) is 80.9. The SMILES string of the molecule is CC(C)C(N)C(=O)O.CC(C)CC(N)C(=O)O.CC(O)C(N)C(=O)O.NC(CC(=O)O)C(=O)O.NC(CO)C(=O)O.NC(Cc1c[nH]c2ccccc12)C(=O)O.NCCCCC(N)C(=O)O.NCCCCC(N)C(=O)O. The Hall–Kier alpha value is -6.49. The Kier molecular flexibility index (Phi) is 51.3. The van der Waals surface area contributed by atoms with Crippen LogP contribution in [0.3, 0.4) is 0 Å². The van der Waals surface area contributed by atoms with E-state index in [0.29, 0.717) is 44.7 Å². The molecule has 2 aromatic rings. The summed E-state index contributed by atoms with van der Waals surface area (Å²) in [4.78, 5) is 93.2. The van der Waals surface area contributed by atoms with E-state index in [2.05, 4.69) is 4.98 Å². The predicted molar refractivity (Wildman–Crippen MR) is 278 cm³/mol. The maximum atomic E-state index is 10.6. The number of unbranched alkanes of at least 4 members (excludes halogenated alkanes) is 2. The molecule has 1 aromatic heterocycles. The van der Waals surface area contributed by atoms with E-state index >= 15 is 0 Å². The van der Waals surface area contributed by atoms with Gasteiger partial charge in [-0.3, -0.25) is 43.2 Å². The summed E-state index contributed by atoms with van der Waals surface area (Å²) in [6.45, 7) is 9.48. The van der Waals surface area contributed by atoms with Crippen LogP contribution in [0, 0.1) is 11.8 Å². The normalized spacial score (nSPS) is 13.6. The van der Waals surface area contributed by atoms with Crippen LogP contribution in [0.15, 0.2) is 30.5 Å². The number of H-pyrrole nitrogens is 1. The van der Waals surface area contributed by atoms with Gasteiger partial charge in [0.25, 0.3) is 0 Å². The Morgan fingerprint density at radius 3 is 1.11 bits per heavy atom. The number of aromatic nitrogens is 1. The standard InChI is InChI=1S/C11H12N2O2.2C6H14N2O2.C6H13NO2.C5H11NO2.C4H7NO4.C4H9NO3.C3H7NO3/c12-9(11(14)15)5-7-6-13-10-4-2-1-3-8(7)10;2*7-4-2-1-3-5(8)6(9)10;1-4(2)3-5(7)6(8)9;1-3(2)4(6)5(7)8;5-2(4(8)9)1-3(6)7;1-2(6)3(5)4(7)8;4-2(1-5)3(6)7/h1-4,6,9,13H,5,12H2,(H,14,15);2*5H,1-4,7-8H2,(H,9,10);4-5H,3,7H2,1-2H3,(H,8,9);3-4H,6H2,1-2H3,(H,7,8);2H,1,5H2,(H,6,7)(H,8,9);2-3,6H,5H2,1H3,(H,7,8);2,5H,1,4H2,(H,6,7). The van der Waals surface area contributed by atoms with E-state index < -0.39 is 121 Å². The van der Waals surface area contributed by atoms with Gasteiger partial charge in [-0.2, -0.15) is 0 Å². The highest BCUT2D eigenvalue weighted by molar-refractivity contribution is 5.84. The summed E-state index contributed by atoms with van der Waals surface area (Å²) in [5.74, 6) is -9.16. The molecule has 0 spiro atoms. The minimum absolute atomic E-state index is 0.0208. The van der Waals surface area contributed by atoms with Crippen molar-refractivity contribution in [2.75, 3.05) is 19.7 Å². The number of aromatic amines is 1. The highest BCUT2D eigenvalue weighted by Gasteiger charge is 2.18. The third-order valence-corrected chi connectivity index (χ3v) is 9.08. The average Bonchev–Trinajstić information content (AvgIpc) is 3.73. The lowest BCUT2D eigenvalue weighted by molar-refractivity contribution is -0.144. The second-order valence-corrected chi connectivity index (χ2v) is 16.9. The minimum Gasteiger partial charge on any atom is -0.481 e. The molecule has 31 nitrogen and oxygen atoms in total. The molecule has 0 saturated heterocycles. The number of hydrogen-bond acceptors (Lipinski definition) is 21. The van der Waals surface area contributed by atoms with Crippen molar-refractivity contribution < 1.29 is 99.3 Å². The van der Waals surface area contributed by atoms with Gasteiger partial charge in [-0.25, -0.2) is 0 Å². The lowest BCUT2D eigenvalue weighted by Crippen LogP contribution is -2.39. The molecule has 76 heavy (non-hydrogen) atoms. The van der Waals surface area contributed by atoms with Gasteiger partial charge in [-0.05, 0) is 75.6 Å². The van der Waals surface area contributed by atoms with Crippen LogP contribution in [0.25, 0.3) is 10.9 Å². The Bertz CT molecular complexity index is 1890. The molecule has 0 amide bonds. The third-order valence-electron chi connectivity index (χ3n) is 9.08. The molecule has 0 bridgehead atoms. The second kappa shape index (κ2) is 48.2. The largest absolute Gasteiger partial charge is 0.481 e. The van der Waals surface area contributed by atoms with Crippen LogP contribution in [0.4, 0.5) is 0 Å². The molecule has 1 aromatic carbocycles. The van der Waals surface area contributed by atoms with E-state index in [9.17, 15) is 43.2 Å². The van der Waals surface area contributed by atoms with E-state index in [1.54, 1.807) is 13.8 Å². The van der Waals surface area contributed by atoms with Gasteiger partial charge >= 0.3 is 53.7 Å². The summed E-state index contributed by atoms with van der Waals surface area (Å²) in [5, 5.41) is 91.4. The van der Waals surface area contributed by atoms with E-state index in [1.807, 2.05) is 44.3 Å². The van der Waals surface area contributed by atoms with Crippen molar-refractivity contribution >= 4 is 64.6 Å². The van der Waals surface area contributed by atoms with Gasteiger partial charge in [-0.15, -0.1) is 0 Å². The molecule has 0 fully saturated rings. The number of nitrogens with one attached hydrogen (secondary N) is 1. The minimum atomic E-state index is -1.29. The van der Waals surface area contributed by atoms with Crippen molar-refractivity contribution in [1.29, 1.82) is 0 Å². The Morgan fingerprint density at radius 1 is 0.500 bits per heavy atom. The molecule has 0 aliphatic rings. The lowest BCUT2D eigenvalue weighted by Gasteiger charge is -2.07. The summed E-state index contributed by atoms with van der Waals surface area (Å²) in [6.07, 6.45) is 5.53. The van der Waals surface area contributed by atoms with Crippen molar-refractivity contribution in [3.8, 4) is 0 Å². The number of fused-ring (bicyclic) bond motifs is 1. The molecular weight excluding hydrogens is 1010 g/mol. The van der Waals surface area contributed by atoms with Crippen molar-refractivity contribution in [1.82, 2.24) is 4.98 Å². The maximum absolute atomic E-state index is 10.6. The topological polar surface area (TPSA) is 652 Å². The summed E-state index contributed by atoms with van der Waals surface area (Å²) in [7, 11) is 0. The van der Waals surface area contributed by atoms with Crippen molar-refractivity contribution in [2.45, 2.75) is 147 Å². The van der Waals surface area contributed by atoms with Crippen LogP contribution in [0.2, 0.25) is 0 Å². The molecule has 0 radical (unpaired) electrons. The first-order valence-corrected chi connectivity index (χ1v) is 23.2. The van der Waals surface area contributed by atoms with Gasteiger partial charge < -0.3 is 118 Å². The molecule has 9 unspecified atom stereocenters. The fourth-order valence-electron chi connectivity index (χ4n) is 4.34. The zero-order valence-electron chi connectivity index (χ0n) is 43.6. The van der Waals surface area contributed by atoms with Crippen LogP contribution in [-0.2, 0) is 49.6 Å². The average molecular weight is 1100 g/mol. The Morgan fingerprint density at radius 2 is 0.882 bits per heavy atom. The lowest BCUT2D eigenvalue weighted by atomic mass is 10.1. The Labute approximate surface area is 439 Å². The number of benzene rings is 1. The van der Waals surface area contributed by atoms with Gasteiger partial charge in [0.2, 0.25) is 0 Å². The Balaban J connectivity index is -0.000000187.